The van der Waals surface area contributed by atoms with E-state index in [2.05, 4.69) is 16.0 Å². The van der Waals surface area contributed by atoms with E-state index in [4.69, 9.17) is 5.11 Å². The van der Waals surface area contributed by atoms with Crippen LogP contribution in [0.1, 0.15) is 39.0 Å². The number of hydrogen-bond acceptors (Lipinski definition) is 3. The highest BCUT2D eigenvalue weighted by molar-refractivity contribution is 5.86. The first kappa shape index (κ1) is 15.3. The minimum atomic E-state index is -0.838. The predicted octanol–water partition coefficient (Wildman–Crippen LogP) is 0.208. The van der Waals surface area contributed by atoms with Gasteiger partial charge in [-0.2, -0.15) is 0 Å². The first-order valence-electron chi connectivity index (χ1n) is 6.55. The molecule has 19 heavy (non-hydrogen) atoms. The van der Waals surface area contributed by atoms with Crippen molar-refractivity contribution in [2.75, 3.05) is 6.54 Å². The third-order valence-electron chi connectivity index (χ3n) is 2.77. The van der Waals surface area contributed by atoms with Gasteiger partial charge in [0.1, 0.15) is 6.04 Å². The largest absolute Gasteiger partial charge is 0.481 e. The maximum atomic E-state index is 11.6. The van der Waals surface area contributed by atoms with Crippen molar-refractivity contribution in [3.63, 3.8) is 0 Å². The number of unbranched alkanes of at least 4 members (excludes halogenated alkanes) is 1. The fourth-order valence-electron chi connectivity index (χ4n) is 1.47. The summed E-state index contributed by atoms with van der Waals surface area (Å²) < 4.78 is 0. The smallest absolute Gasteiger partial charge is 0.315 e. The first-order chi connectivity index (χ1) is 8.99. The Morgan fingerprint density at radius 3 is 2.53 bits per heavy atom. The van der Waals surface area contributed by atoms with Gasteiger partial charge in [-0.3, -0.25) is 9.59 Å². The van der Waals surface area contributed by atoms with E-state index in [0.29, 0.717) is 19.4 Å². The minimum Gasteiger partial charge on any atom is -0.481 e. The van der Waals surface area contributed by atoms with Gasteiger partial charge >= 0.3 is 12.0 Å². The van der Waals surface area contributed by atoms with Crippen molar-refractivity contribution in [1.82, 2.24) is 16.0 Å². The van der Waals surface area contributed by atoms with Crippen LogP contribution < -0.4 is 16.0 Å². The summed E-state index contributed by atoms with van der Waals surface area (Å²) in [5.74, 6) is -1.02. The van der Waals surface area contributed by atoms with Gasteiger partial charge in [0.15, 0.2) is 0 Å². The van der Waals surface area contributed by atoms with E-state index in [1.54, 1.807) is 6.92 Å². The number of amides is 3. The summed E-state index contributed by atoms with van der Waals surface area (Å²) in [4.78, 5) is 33.3. The Labute approximate surface area is 112 Å². The molecule has 3 amide bonds. The third-order valence-corrected chi connectivity index (χ3v) is 2.77. The van der Waals surface area contributed by atoms with Gasteiger partial charge in [0.2, 0.25) is 5.91 Å². The lowest BCUT2D eigenvalue weighted by atomic mass is 10.2. The predicted molar refractivity (Wildman–Crippen MR) is 68.6 cm³/mol. The van der Waals surface area contributed by atoms with E-state index >= 15 is 0 Å². The highest BCUT2D eigenvalue weighted by atomic mass is 16.4. The van der Waals surface area contributed by atoms with Crippen LogP contribution in [0.5, 0.6) is 0 Å². The zero-order chi connectivity index (χ0) is 14.3. The van der Waals surface area contributed by atoms with Crippen LogP contribution in [0.3, 0.4) is 0 Å². The molecule has 1 aliphatic rings. The van der Waals surface area contributed by atoms with Crippen molar-refractivity contribution in [2.45, 2.75) is 51.1 Å². The zero-order valence-corrected chi connectivity index (χ0v) is 11.1. The van der Waals surface area contributed by atoms with Crippen LogP contribution in [0.25, 0.3) is 0 Å². The third kappa shape index (κ3) is 7.28. The number of rotatable bonds is 8. The van der Waals surface area contributed by atoms with E-state index in [0.717, 1.165) is 12.8 Å². The van der Waals surface area contributed by atoms with E-state index in [9.17, 15) is 14.4 Å². The number of carbonyl (C=O) groups is 3. The van der Waals surface area contributed by atoms with Gasteiger partial charge in [-0.1, -0.05) is 0 Å². The number of carboxylic acid groups (broad SMARTS) is 1. The molecule has 7 heteroatoms. The van der Waals surface area contributed by atoms with E-state index in [1.807, 2.05) is 0 Å². The lowest BCUT2D eigenvalue weighted by molar-refractivity contribution is -0.137. The van der Waals surface area contributed by atoms with Crippen LogP contribution in [0, 0.1) is 0 Å². The highest BCUT2D eigenvalue weighted by Crippen LogP contribution is 2.18. The molecule has 0 saturated heterocycles. The van der Waals surface area contributed by atoms with Gasteiger partial charge in [-0.25, -0.2) is 4.79 Å². The first-order valence-corrected chi connectivity index (χ1v) is 6.55. The number of nitrogens with one attached hydrogen (secondary N) is 3. The molecule has 0 aromatic carbocycles. The van der Waals surface area contributed by atoms with Crippen LogP contribution in [0.4, 0.5) is 4.79 Å². The SMILES string of the molecule is CC(NC(=O)NCCCCC(=O)O)C(=O)NC1CC1. The fraction of sp³-hybridized carbons (Fsp3) is 0.750. The van der Waals surface area contributed by atoms with Gasteiger partial charge < -0.3 is 21.1 Å². The van der Waals surface area contributed by atoms with E-state index < -0.39 is 18.0 Å². The van der Waals surface area contributed by atoms with Gasteiger partial charge in [-0.05, 0) is 32.6 Å². The molecule has 0 aliphatic heterocycles. The molecule has 0 spiro atoms. The molecule has 1 rings (SSSR count). The van der Waals surface area contributed by atoms with Crippen LogP contribution in [-0.2, 0) is 9.59 Å². The molecule has 1 fully saturated rings. The molecule has 0 radical (unpaired) electrons. The second-order valence-corrected chi connectivity index (χ2v) is 4.76. The Kier molecular flexibility index (Phi) is 6.11. The molecule has 1 saturated carbocycles. The Morgan fingerprint density at radius 1 is 1.26 bits per heavy atom. The second kappa shape index (κ2) is 7.60. The van der Waals surface area contributed by atoms with Crippen LogP contribution in [-0.4, -0.2) is 41.6 Å². The highest BCUT2D eigenvalue weighted by Gasteiger charge is 2.26. The summed E-state index contributed by atoms with van der Waals surface area (Å²) >= 11 is 0. The average molecular weight is 271 g/mol. The quantitative estimate of drug-likeness (QED) is 0.473. The monoisotopic (exact) mass is 271 g/mol. The van der Waals surface area contributed by atoms with Crippen molar-refractivity contribution in [3.8, 4) is 0 Å². The zero-order valence-electron chi connectivity index (χ0n) is 11.1. The van der Waals surface area contributed by atoms with E-state index in [1.165, 1.54) is 0 Å². The average Bonchev–Trinajstić information content (AvgIpc) is 3.11. The minimum absolute atomic E-state index is 0.101. The Morgan fingerprint density at radius 2 is 1.95 bits per heavy atom. The summed E-state index contributed by atoms with van der Waals surface area (Å²) in [6.45, 7) is 2.03. The lowest BCUT2D eigenvalue weighted by Crippen LogP contribution is -2.49. The normalized spacial score (nSPS) is 15.4. The Balaban J connectivity index is 2.05. The summed E-state index contributed by atoms with van der Waals surface area (Å²) in [6, 6.07) is -0.704. The molecule has 1 unspecified atom stereocenters. The van der Waals surface area contributed by atoms with Crippen molar-refractivity contribution < 1.29 is 19.5 Å². The van der Waals surface area contributed by atoms with Gasteiger partial charge in [0, 0.05) is 19.0 Å². The van der Waals surface area contributed by atoms with Crippen LogP contribution >= 0.6 is 0 Å². The summed E-state index contributed by atoms with van der Waals surface area (Å²) in [5, 5.41) is 16.4. The maximum absolute atomic E-state index is 11.6. The number of hydrogen-bond donors (Lipinski definition) is 4. The number of carboxylic acids is 1. The number of carbonyl (C=O) groups excluding carboxylic acids is 2. The van der Waals surface area contributed by atoms with Gasteiger partial charge in [0.25, 0.3) is 0 Å². The molecule has 0 heterocycles. The summed E-state index contributed by atoms with van der Waals surface area (Å²) in [6.07, 6.45) is 3.24. The van der Waals surface area contributed by atoms with Crippen molar-refractivity contribution in [2.24, 2.45) is 0 Å². The molecule has 0 bridgehead atoms. The molecule has 0 aromatic heterocycles. The second-order valence-electron chi connectivity index (χ2n) is 4.76. The summed E-state index contributed by atoms with van der Waals surface area (Å²) in [5.41, 5.74) is 0. The molecule has 1 atom stereocenters. The fourth-order valence-corrected chi connectivity index (χ4v) is 1.47. The van der Waals surface area contributed by atoms with Gasteiger partial charge in [0.05, 0.1) is 0 Å². The molecule has 4 N–H and O–H groups in total. The lowest BCUT2D eigenvalue weighted by Gasteiger charge is -2.14. The topological polar surface area (TPSA) is 108 Å². The number of aliphatic carboxylic acids is 1. The van der Waals surface area contributed by atoms with Crippen molar-refractivity contribution in [1.29, 1.82) is 0 Å². The van der Waals surface area contributed by atoms with Crippen molar-refractivity contribution >= 4 is 17.9 Å². The molecular weight excluding hydrogens is 250 g/mol. The molecule has 7 nitrogen and oxygen atoms in total. The maximum Gasteiger partial charge on any atom is 0.315 e. The Hall–Kier alpha value is -1.79. The molecular formula is C12H21N3O4. The van der Waals surface area contributed by atoms with Crippen molar-refractivity contribution in [3.05, 3.63) is 0 Å². The van der Waals surface area contributed by atoms with Gasteiger partial charge in [-0.15, -0.1) is 0 Å². The van der Waals surface area contributed by atoms with Crippen LogP contribution in [0.15, 0.2) is 0 Å². The van der Waals surface area contributed by atoms with E-state index in [-0.39, 0.29) is 18.4 Å². The molecule has 108 valence electrons. The van der Waals surface area contributed by atoms with Crippen LogP contribution in [0.2, 0.25) is 0 Å². The summed E-state index contributed by atoms with van der Waals surface area (Å²) in [7, 11) is 0. The Bertz CT molecular complexity index is 342. The molecule has 0 aromatic rings. The number of urea groups is 1. The molecule has 1 aliphatic carbocycles. The standard InChI is InChI=1S/C12H21N3O4/c1-8(11(18)15-9-5-6-9)14-12(19)13-7-3-2-4-10(16)17/h8-9H,2-7H2,1H3,(H,15,18)(H,16,17)(H2,13,14,19).